The Labute approximate surface area is 165 Å². The standard InChI is InChI=1S/C21H17F2N3O3/c1-12(27)25-10-14-11-26(21(28)29-14)13-8-17(22)20(18(23)9-13)16-6-7-24-19-5-3-2-4-15(16)19/h2-9,14H,10-11H2,1H3,(H,25,27). The molecule has 1 aliphatic heterocycles. The highest BCUT2D eigenvalue weighted by Gasteiger charge is 2.33. The maximum atomic E-state index is 15.0. The van der Waals surface area contributed by atoms with Gasteiger partial charge in [0.1, 0.15) is 17.7 Å². The van der Waals surface area contributed by atoms with Gasteiger partial charge in [0.15, 0.2) is 0 Å². The number of cyclic esters (lactones) is 1. The van der Waals surface area contributed by atoms with Gasteiger partial charge < -0.3 is 10.1 Å². The number of amides is 2. The molecule has 6 nitrogen and oxygen atoms in total. The molecule has 0 saturated carbocycles. The van der Waals surface area contributed by atoms with Crippen LogP contribution in [0.5, 0.6) is 0 Å². The van der Waals surface area contributed by atoms with Gasteiger partial charge in [-0.3, -0.25) is 14.7 Å². The van der Waals surface area contributed by atoms with Gasteiger partial charge in [-0.25, -0.2) is 13.6 Å². The van der Waals surface area contributed by atoms with Crippen molar-refractivity contribution in [2.75, 3.05) is 18.0 Å². The zero-order valence-corrected chi connectivity index (χ0v) is 15.5. The highest BCUT2D eigenvalue weighted by molar-refractivity contribution is 5.95. The number of hydrogen-bond donors (Lipinski definition) is 1. The zero-order chi connectivity index (χ0) is 20.5. The van der Waals surface area contributed by atoms with Crippen LogP contribution < -0.4 is 10.2 Å². The third-order valence-electron chi connectivity index (χ3n) is 4.71. The van der Waals surface area contributed by atoms with Crippen molar-refractivity contribution in [3.8, 4) is 11.1 Å². The number of para-hydroxylation sites is 1. The van der Waals surface area contributed by atoms with Gasteiger partial charge in [-0.1, -0.05) is 18.2 Å². The fourth-order valence-corrected chi connectivity index (χ4v) is 3.38. The van der Waals surface area contributed by atoms with Crippen LogP contribution in [0.1, 0.15) is 6.92 Å². The lowest BCUT2D eigenvalue weighted by Crippen LogP contribution is -2.33. The van der Waals surface area contributed by atoms with Crippen molar-refractivity contribution in [1.29, 1.82) is 0 Å². The summed E-state index contributed by atoms with van der Waals surface area (Å²) in [6.07, 6.45) is 0.178. The highest BCUT2D eigenvalue weighted by Crippen LogP contribution is 2.35. The number of pyridine rings is 1. The van der Waals surface area contributed by atoms with E-state index in [1.807, 2.05) is 0 Å². The molecule has 148 valence electrons. The molecule has 1 saturated heterocycles. The lowest BCUT2D eigenvalue weighted by atomic mass is 9.99. The summed E-state index contributed by atoms with van der Waals surface area (Å²) in [4.78, 5) is 28.5. The molecule has 29 heavy (non-hydrogen) atoms. The molecule has 1 N–H and O–H groups in total. The maximum Gasteiger partial charge on any atom is 0.414 e. The second-order valence-electron chi connectivity index (χ2n) is 6.71. The van der Waals surface area contributed by atoms with Crippen LogP contribution >= 0.6 is 0 Å². The first kappa shape index (κ1) is 18.8. The highest BCUT2D eigenvalue weighted by atomic mass is 19.1. The Hall–Kier alpha value is -3.55. The number of nitrogens with one attached hydrogen (secondary N) is 1. The Morgan fingerprint density at radius 1 is 1.24 bits per heavy atom. The molecule has 3 aromatic rings. The van der Waals surface area contributed by atoms with Gasteiger partial charge in [-0.05, 0) is 29.8 Å². The summed E-state index contributed by atoms with van der Waals surface area (Å²) in [6.45, 7) is 1.56. The van der Waals surface area contributed by atoms with Gasteiger partial charge in [0.25, 0.3) is 0 Å². The van der Waals surface area contributed by atoms with Gasteiger partial charge in [0.05, 0.1) is 29.9 Å². The fraction of sp³-hybridized carbons (Fsp3) is 0.190. The predicted octanol–water partition coefficient (Wildman–Crippen LogP) is 3.64. The second-order valence-corrected chi connectivity index (χ2v) is 6.71. The van der Waals surface area contributed by atoms with E-state index in [4.69, 9.17) is 4.74 Å². The number of halogens is 2. The molecule has 1 fully saturated rings. The minimum atomic E-state index is -0.797. The lowest BCUT2D eigenvalue weighted by molar-refractivity contribution is -0.119. The van der Waals surface area contributed by atoms with Gasteiger partial charge in [0.2, 0.25) is 5.91 Å². The predicted molar refractivity (Wildman–Crippen MR) is 103 cm³/mol. The summed E-state index contributed by atoms with van der Waals surface area (Å²) in [7, 11) is 0. The summed E-state index contributed by atoms with van der Waals surface area (Å²) in [5.41, 5.74) is 0.869. The molecule has 0 radical (unpaired) electrons. The Kier molecular flexibility index (Phi) is 4.84. The van der Waals surface area contributed by atoms with Gasteiger partial charge in [-0.2, -0.15) is 0 Å². The van der Waals surface area contributed by atoms with Crippen molar-refractivity contribution in [2.24, 2.45) is 0 Å². The molecule has 0 spiro atoms. The number of nitrogens with zero attached hydrogens (tertiary/aromatic N) is 2. The average Bonchev–Trinajstić information content (AvgIpc) is 3.06. The van der Waals surface area contributed by atoms with E-state index in [0.717, 1.165) is 17.0 Å². The molecule has 1 aliphatic rings. The van der Waals surface area contributed by atoms with E-state index in [0.29, 0.717) is 16.5 Å². The van der Waals surface area contributed by atoms with Crippen molar-refractivity contribution in [1.82, 2.24) is 10.3 Å². The van der Waals surface area contributed by atoms with E-state index in [-0.39, 0.29) is 30.2 Å². The summed E-state index contributed by atoms with van der Waals surface area (Å²) in [5.74, 6) is -1.85. The average molecular weight is 397 g/mol. The second kappa shape index (κ2) is 7.46. The van der Waals surface area contributed by atoms with Gasteiger partial charge >= 0.3 is 6.09 Å². The summed E-state index contributed by atoms with van der Waals surface area (Å²) >= 11 is 0. The molecule has 8 heteroatoms. The molecular weight excluding hydrogens is 380 g/mol. The van der Waals surface area contributed by atoms with Crippen molar-refractivity contribution in [3.05, 3.63) is 60.3 Å². The minimum Gasteiger partial charge on any atom is -0.442 e. The monoisotopic (exact) mass is 397 g/mol. The number of rotatable bonds is 4. The number of aromatic nitrogens is 1. The van der Waals surface area contributed by atoms with E-state index in [2.05, 4.69) is 10.3 Å². The molecule has 1 atom stereocenters. The normalized spacial score (nSPS) is 16.2. The Bertz CT molecular complexity index is 1090. The Morgan fingerprint density at radius 2 is 1.97 bits per heavy atom. The number of carbonyl (C=O) groups is 2. The van der Waals surface area contributed by atoms with Crippen LogP contribution in [0.15, 0.2) is 48.7 Å². The molecule has 1 aromatic heterocycles. The fourth-order valence-electron chi connectivity index (χ4n) is 3.38. The summed E-state index contributed by atoms with van der Waals surface area (Å²) in [5, 5.41) is 3.18. The van der Waals surface area contributed by atoms with Crippen LogP contribution in [-0.4, -0.2) is 36.2 Å². The first-order chi connectivity index (χ1) is 13.9. The zero-order valence-electron chi connectivity index (χ0n) is 15.5. The molecule has 2 aromatic carbocycles. The number of ether oxygens (including phenoxy) is 1. The Morgan fingerprint density at radius 3 is 2.69 bits per heavy atom. The van der Waals surface area contributed by atoms with E-state index < -0.39 is 23.8 Å². The summed E-state index contributed by atoms with van der Waals surface area (Å²) in [6, 6.07) is 10.8. The van der Waals surface area contributed by atoms with Crippen LogP contribution in [0.25, 0.3) is 22.0 Å². The molecule has 2 heterocycles. The SMILES string of the molecule is CC(=O)NCC1CN(c2cc(F)c(-c3ccnc4ccccc34)c(F)c2)C(=O)O1. The minimum absolute atomic E-state index is 0.0532. The van der Waals surface area contributed by atoms with Crippen molar-refractivity contribution in [3.63, 3.8) is 0 Å². The van der Waals surface area contributed by atoms with Crippen molar-refractivity contribution < 1.29 is 23.1 Å². The van der Waals surface area contributed by atoms with Crippen LogP contribution in [0.3, 0.4) is 0 Å². The third kappa shape index (κ3) is 3.61. The first-order valence-corrected chi connectivity index (χ1v) is 9.00. The quantitative estimate of drug-likeness (QED) is 0.730. The van der Waals surface area contributed by atoms with Crippen LogP contribution in [0.4, 0.5) is 19.3 Å². The van der Waals surface area contributed by atoms with E-state index in [1.165, 1.54) is 13.1 Å². The topological polar surface area (TPSA) is 71.5 Å². The van der Waals surface area contributed by atoms with Crippen molar-refractivity contribution >= 4 is 28.6 Å². The Balaban J connectivity index is 1.68. The molecular formula is C21H17F2N3O3. The molecule has 0 bridgehead atoms. The van der Waals surface area contributed by atoms with Crippen molar-refractivity contribution in [2.45, 2.75) is 13.0 Å². The number of hydrogen-bond acceptors (Lipinski definition) is 4. The molecule has 0 aliphatic carbocycles. The molecule has 1 unspecified atom stereocenters. The van der Waals surface area contributed by atoms with Crippen LogP contribution in [0.2, 0.25) is 0 Å². The first-order valence-electron chi connectivity index (χ1n) is 9.00. The third-order valence-corrected chi connectivity index (χ3v) is 4.71. The van der Waals surface area contributed by atoms with E-state index in [9.17, 15) is 18.4 Å². The summed E-state index contributed by atoms with van der Waals surface area (Å²) < 4.78 is 35.1. The largest absolute Gasteiger partial charge is 0.442 e. The van der Waals surface area contributed by atoms with Crippen LogP contribution in [0, 0.1) is 11.6 Å². The molecule has 2 amide bonds. The van der Waals surface area contributed by atoms with Gasteiger partial charge in [-0.15, -0.1) is 0 Å². The smallest absolute Gasteiger partial charge is 0.414 e. The molecule has 4 rings (SSSR count). The number of carbonyl (C=O) groups excluding carboxylic acids is 2. The van der Waals surface area contributed by atoms with Crippen LogP contribution in [-0.2, 0) is 9.53 Å². The lowest BCUT2D eigenvalue weighted by Gasteiger charge is -2.16. The number of benzene rings is 2. The number of fused-ring (bicyclic) bond motifs is 1. The van der Waals surface area contributed by atoms with E-state index >= 15 is 0 Å². The maximum absolute atomic E-state index is 15.0. The van der Waals surface area contributed by atoms with E-state index in [1.54, 1.807) is 30.3 Å². The van der Waals surface area contributed by atoms with Gasteiger partial charge in [0, 0.05) is 18.5 Å². The number of anilines is 1.